The molecule has 226 valence electrons. The van der Waals surface area contributed by atoms with Gasteiger partial charge < -0.3 is 9.30 Å². The van der Waals surface area contributed by atoms with Gasteiger partial charge in [0.2, 0.25) is 5.54 Å². The van der Waals surface area contributed by atoms with Crippen LogP contribution in [0, 0.1) is 5.92 Å². The summed E-state index contributed by atoms with van der Waals surface area (Å²) in [6, 6.07) is 37.8. The van der Waals surface area contributed by atoms with Crippen molar-refractivity contribution in [1.29, 1.82) is 0 Å². The van der Waals surface area contributed by atoms with Gasteiger partial charge in [-0.1, -0.05) is 118 Å². The van der Waals surface area contributed by atoms with Crippen LogP contribution in [0.4, 0.5) is 0 Å². The van der Waals surface area contributed by atoms with E-state index in [-0.39, 0.29) is 17.3 Å². The maximum Gasteiger partial charge on any atom is 0.374 e. The molecule has 3 nitrogen and oxygen atoms in total. The third-order valence-corrected chi connectivity index (χ3v) is 10.8. The zero-order valence-corrected chi connectivity index (χ0v) is 26.8. The Morgan fingerprint density at radius 1 is 0.787 bits per heavy atom. The summed E-state index contributed by atoms with van der Waals surface area (Å²) in [6.07, 6.45) is 16.4. The molecule has 0 saturated heterocycles. The standard InChI is InChI=1S/C44H35N2O/c1-43(2,3)30-23-24-46-38(26-30)47-37-20-12-19-33-35-27-45(32-17-8-5-9-18-32)36-22-21-34-39(28-13-6-4-7-14-28)29-15-10-11-16-31(25-29)44(46,41(33)37)42(34)40(35)36/h4-27,31,39H,1-3H3/q+1. The van der Waals surface area contributed by atoms with Gasteiger partial charge in [-0.2, -0.15) is 4.57 Å². The van der Waals surface area contributed by atoms with Crippen LogP contribution in [0.15, 0.2) is 151 Å². The van der Waals surface area contributed by atoms with Gasteiger partial charge in [0.15, 0.2) is 6.20 Å². The molecule has 1 spiro atoms. The van der Waals surface area contributed by atoms with Crippen LogP contribution in [0.2, 0.25) is 0 Å². The second kappa shape index (κ2) is 9.33. The highest BCUT2D eigenvalue weighted by atomic mass is 16.5. The van der Waals surface area contributed by atoms with Gasteiger partial charge >= 0.3 is 5.88 Å². The molecule has 3 heterocycles. The van der Waals surface area contributed by atoms with Crippen molar-refractivity contribution >= 4 is 10.9 Å². The van der Waals surface area contributed by atoms with E-state index in [2.05, 4.69) is 176 Å². The molecular weight excluding hydrogens is 572 g/mol. The first-order valence-corrected chi connectivity index (χ1v) is 16.7. The summed E-state index contributed by atoms with van der Waals surface area (Å²) < 4.78 is 11.8. The topological polar surface area (TPSA) is 18.0 Å². The molecule has 0 fully saturated rings. The quantitative estimate of drug-likeness (QED) is 0.179. The Kier molecular flexibility index (Phi) is 5.31. The Labute approximate surface area is 275 Å². The zero-order valence-electron chi connectivity index (χ0n) is 26.8. The van der Waals surface area contributed by atoms with Crippen LogP contribution in [0.25, 0.3) is 27.7 Å². The van der Waals surface area contributed by atoms with Gasteiger partial charge in [-0.15, -0.1) is 0 Å². The summed E-state index contributed by atoms with van der Waals surface area (Å²) >= 11 is 0. The van der Waals surface area contributed by atoms with Crippen molar-refractivity contribution in [3.05, 3.63) is 179 Å². The minimum Gasteiger partial charge on any atom is -0.404 e. The number of pyridine rings is 1. The van der Waals surface area contributed by atoms with Gasteiger partial charge in [0.1, 0.15) is 5.75 Å². The van der Waals surface area contributed by atoms with Gasteiger partial charge in [-0.05, 0) is 57.5 Å². The molecule has 0 N–H and O–H groups in total. The number of nitrogens with zero attached hydrogens (tertiary/aromatic N) is 2. The highest BCUT2D eigenvalue weighted by Crippen LogP contribution is 2.61. The summed E-state index contributed by atoms with van der Waals surface area (Å²) in [5.74, 6) is 1.94. The Morgan fingerprint density at radius 3 is 2.40 bits per heavy atom. The lowest BCUT2D eigenvalue weighted by molar-refractivity contribution is -0.755. The highest BCUT2D eigenvalue weighted by molar-refractivity contribution is 6.05. The normalized spacial score (nSPS) is 21.3. The number of benzene rings is 4. The Balaban J connectivity index is 1.43. The van der Waals surface area contributed by atoms with E-state index in [0.717, 1.165) is 17.3 Å². The lowest BCUT2D eigenvalue weighted by Gasteiger charge is -2.42. The van der Waals surface area contributed by atoms with Crippen LogP contribution >= 0.6 is 0 Å². The monoisotopic (exact) mass is 607 g/mol. The van der Waals surface area contributed by atoms with Crippen LogP contribution in [-0.4, -0.2) is 4.57 Å². The van der Waals surface area contributed by atoms with Crippen molar-refractivity contribution in [3.8, 4) is 28.4 Å². The second-order valence-electron chi connectivity index (χ2n) is 14.4. The molecule has 2 bridgehead atoms. The molecule has 2 aromatic heterocycles. The van der Waals surface area contributed by atoms with E-state index in [1.165, 1.54) is 55.4 Å². The van der Waals surface area contributed by atoms with Crippen LogP contribution in [-0.2, 0) is 11.0 Å². The van der Waals surface area contributed by atoms with E-state index in [1.807, 2.05) is 0 Å². The number of aromatic nitrogens is 2. The van der Waals surface area contributed by atoms with Crippen LogP contribution < -0.4 is 9.30 Å². The van der Waals surface area contributed by atoms with Gasteiger partial charge in [0.25, 0.3) is 0 Å². The fourth-order valence-electron chi connectivity index (χ4n) is 8.84. The molecule has 1 aliphatic heterocycles. The van der Waals surface area contributed by atoms with Crippen molar-refractivity contribution < 1.29 is 9.30 Å². The summed E-state index contributed by atoms with van der Waals surface area (Å²) in [5.41, 5.74) is 12.2. The first-order chi connectivity index (χ1) is 22.9. The smallest absolute Gasteiger partial charge is 0.374 e. The lowest BCUT2D eigenvalue weighted by atomic mass is 9.64. The molecule has 0 radical (unpaired) electrons. The molecule has 6 aromatic rings. The molecule has 3 unspecified atom stereocenters. The highest BCUT2D eigenvalue weighted by Gasteiger charge is 2.62. The van der Waals surface area contributed by atoms with Crippen LogP contribution in [0.1, 0.15) is 54.5 Å². The molecule has 47 heavy (non-hydrogen) atoms. The van der Waals surface area contributed by atoms with Crippen molar-refractivity contribution in [2.24, 2.45) is 5.92 Å². The Morgan fingerprint density at radius 2 is 1.60 bits per heavy atom. The fraction of sp³-hybridized carbons (Fsp3) is 0.159. The van der Waals surface area contributed by atoms with Gasteiger partial charge in [-0.25, -0.2) is 0 Å². The predicted molar refractivity (Wildman–Crippen MR) is 188 cm³/mol. The van der Waals surface area contributed by atoms with E-state index in [4.69, 9.17) is 4.74 Å². The summed E-state index contributed by atoms with van der Waals surface area (Å²) in [7, 11) is 0. The van der Waals surface area contributed by atoms with E-state index < -0.39 is 5.54 Å². The first kappa shape index (κ1) is 26.8. The average molecular weight is 608 g/mol. The molecule has 4 aromatic carbocycles. The Bertz CT molecular complexity index is 2370. The van der Waals surface area contributed by atoms with Crippen LogP contribution in [0.3, 0.4) is 0 Å². The molecule has 3 atom stereocenters. The Hall–Kier alpha value is -5.41. The van der Waals surface area contributed by atoms with Gasteiger partial charge in [0, 0.05) is 40.4 Å². The maximum absolute atomic E-state index is 6.97. The van der Waals surface area contributed by atoms with Crippen molar-refractivity contribution in [3.63, 3.8) is 0 Å². The van der Waals surface area contributed by atoms with Crippen molar-refractivity contribution in [1.82, 2.24) is 4.57 Å². The molecule has 4 aliphatic rings. The number of fused-ring (bicyclic) bond motifs is 3. The third-order valence-electron chi connectivity index (χ3n) is 10.8. The number of hydrogen-bond donors (Lipinski definition) is 0. The molecular formula is C44H35N2O+. The third kappa shape index (κ3) is 3.49. The van der Waals surface area contributed by atoms with E-state index in [0.29, 0.717) is 0 Å². The molecule has 3 aliphatic carbocycles. The first-order valence-electron chi connectivity index (χ1n) is 16.7. The van der Waals surface area contributed by atoms with Gasteiger partial charge in [-0.3, -0.25) is 0 Å². The van der Waals surface area contributed by atoms with E-state index in [1.54, 1.807) is 0 Å². The molecule has 3 heteroatoms. The van der Waals surface area contributed by atoms with Gasteiger partial charge in [0.05, 0.1) is 23.1 Å². The number of allylic oxidation sites excluding steroid dienone is 6. The molecule has 0 saturated carbocycles. The number of hydrogen-bond acceptors (Lipinski definition) is 1. The number of ether oxygens (including phenoxy) is 1. The molecule has 10 rings (SSSR count). The summed E-state index contributed by atoms with van der Waals surface area (Å²) in [5, 5.41) is 1.33. The minimum atomic E-state index is -0.571. The SMILES string of the molecule is CC(C)(C)c1cc[n+]2c(c1)Oc1cccc3c1C21c2c(ccc4c2c-3cn4-c2ccccc2)C(c2ccccc2)C2=CC1C=CC=C2. The zero-order chi connectivity index (χ0) is 31.5. The lowest BCUT2D eigenvalue weighted by Crippen LogP contribution is -2.64. The fourth-order valence-corrected chi connectivity index (χ4v) is 8.84. The minimum absolute atomic E-state index is 0.0162. The average Bonchev–Trinajstić information content (AvgIpc) is 3.24. The summed E-state index contributed by atoms with van der Waals surface area (Å²) in [6.45, 7) is 6.82. The predicted octanol–water partition coefficient (Wildman–Crippen LogP) is 9.91. The number of rotatable bonds is 2. The van der Waals surface area contributed by atoms with E-state index >= 15 is 0 Å². The van der Waals surface area contributed by atoms with E-state index in [9.17, 15) is 0 Å². The van der Waals surface area contributed by atoms with Crippen LogP contribution in [0.5, 0.6) is 11.6 Å². The van der Waals surface area contributed by atoms with Crippen molar-refractivity contribution in [2.45, 2.75) is 37.6 Å². The van der Waals surface area contributed by atoms with Crippen molar-refractivity contribution in [2.75, 3.05) is 0 Å². The maximum atomic E-state index is 6.97. The molecule has 0 amide bonds. The largest absolute Gasteiger partial charge is 0.404 e. The summed E-state index contributed by atoms with van der Waals surface area (Å²) in [4.78, 5) is 0. The number of para-hydroxylation sites is 1. The second-order valence-corrected chi connectivity index (χ2v) is 14.4.